The molecule has 0 fully saturated rings. The summed E-state index contributed by atoms with van der Waals surface area (Å²) in [6.45, 7) is 6.64. The maximum Gasteiger partial charge on any atom is 0.138 e. The summed E-state index contributed by atoms with van der Waals surface area (Å²) in [6, 6.07) is 0. The predicted octanol–water partition coefficient (Wildman–Crippen LogP) is 1.31. The van der Waals surface area contributed by atoms with Crippen molar-refractivity contribution in [3.8, 4) is 0 Å². The zero-order valence-electron chi connectivity index (χ0n) is 11.2. The van der Waals surface area contributed by atoms with E-state index in [1.165, 1.54) is 6.33 Å². The van der Waals surface area contributed by atoms with Crippen molar-refractivity contribution in [1.29, 1.82) is 0 Å². The van der Waals surface area contributed by atoms with Crippen molar-refractivity contribution in [2.45, 2.75) is 51.7 Å². The summed E-state index contributed by atoms with van der Waals surface area (Å²) < 4.78 is 7.46. The Hall–Kier alpha value is -0.940. The average Bonchev–Trinajstić information content (AvgIpc) is 2.72. The lowest BCUT2D eigenvalue weighted by Crippen LogP contribution is -2.45. The standard InChI is InChI=1S/C12H23N3O2/c1-5-12(6-2,17-7-3)10(16)8-11-13-9-14-15(11)4/h9-10,16H,5-8H2,1-4H3. The number of nitrogens with zero attached hydrogens (tertiary/aromatic N) is 3. The zero-order chi connectivity index (χ0) is 12.9. The molecule has 1 aromatic heterocycles. The summed E-state index contributed by atoms with van der Waals surface area (Å²) in [6.07, 6.45) is 2.99. The highest BCUT2D eigenvalue weighted by Gasteiger charge is 2.36. The van der Waals surface area contributed by atoms with Crippen molar-refractivity contribution >= 4 is 0 Å². The quantitative estimate of drug-likeness (QED) is 0.782. The summed E-state index contributed by atoms with van der Waals surface area (Å²) in [5.74, 6) is 0.781. The molecule has 1 heterocycles. The number of aliphatic hydroxyl groups is 1. The number of aryl methyl sites for hydroxylation is 1. The molecule has 0 bridgehead atoms. The van der Waals surface area contributed by atoms with E-state index in [0.717, 1.165) is 18.7 Å². The van der Waals surface area contributed by atoms with Crippen molar-refractivity contribution in [3.63, 3.8) is 0 Å². The fourth-order valence-electron chi connectivity index (χ4n) is 2.17. The molecule has 0 saturated heterocycles. The van der Waals surface area contributed by atoms with Crippen molar-refractivity contribution < 1.29 is 9.84 Å². The van der Waals surface area contributed by atoms with E-state index in [1.54, 1.807) is 4.68 Å². The van der Waals surface area contributed by atoms with Crippen molar-refractivity contribution in [1.82, 2.24) is 14.8 Å². The number of ether oxygens (including phenoxy) is 1. The van der Waals surface area contributed by atoms with Gasteiger partial charge in [0.2, 0.25) is 0 Å². The van der Waals surface area contributed by atoms with Crippen LogP contribution in [0.15, 0.2) is 6.33 Å². The van der Waals surface area contributed by atoms with E-state index in [2.05, 4.69) is 10.1 Å². The molecule has 1 aromatic rings. The van der Waals surface area contributed by atoms with E-state index in [1.807, 2.05) is 27.8 Å². The van der Waals surface area contributed by atoms with Crippen LogP contribution in [0.2, 0.25) is 0 Å². The van der Waals surface area contributed by atoms with Gasteiger partial charge in [0, 0.05) is 20.1 Å². The Labute approximate surface area is 103 Å². The van der Waals surface area contributed by atoms with Gasteiger partial charge in [-0.15, -0.1) is 0 Å². The smallest absolute Gasteiger partial charge is 0.138 e. The van der Waals surface area contributed by atoms with Crippen LogP contribution in [0.4, 0.5) is 0 Å². The van der Waals surface area contributed by atoms with Gasteiger partial charge in [-0.25, -0.2) is 4.98 Å². The molecule has 1 N–H and O–H groups in total. The largest absolute Gasteiger partial charge is 0.390 e. The topological polar surface area (TPSA) is 60.2 Å². The van der Waals surface area contributed by atoms with Gasteiger partial charge >= 0.3 is 0 Å². The fourth-order valence-corrected chi connectivity index (χ4v) is 2.17. The van der Waals surface area contributed by atoms with Gasteiger partial charge in [0.1, 0.15) is 12.2 Å². The summed E-state index contributed by atoms with van der Waals surface area (Å²) in [5.41, 5.74) is -0.472. The second-order valence-electron chi connectivity index (χ2n) is 4.22. The zero-order valence-corrected chi connectivity index (χ0v) is 11.2. The second-order valence-corrected chi connectivity index (χ2v) is 4.22. The lowest BCUT2D eigenvalue weighted by Gasteiger charge is -2.36. The first-order valence-corrected chi connectivity index (χ1v) is 6.24. The minimum atomic E-state index is -0.555. The van der Waals surface area contributed by atoms with Crippen LogP contribution >= 0.6 is 0 Å². The summed E-state index contributed by atoms with van der Waals surface area (Å²) >= 11 is 0. The Bertz CT molecular complexity index is 334. The van der Waals surface area contributed by atoms with Crippen LogP contribution in [-0.4, -0.2) is 38.2 Å². The third-order valence-electron chi connectivity index (χ3n) is 3.42. The molecule has 5 heteroatoms. The Morgan fingerprint density at radius 2 is 2.06 bits per heavy atom. The number of rotatable bonds is 7. The van der Waals surface area contributed by atoms with Gasteiger partial charge < -0.3 is 9.84 Å². The van der Waals surface area contributed by atoms with Gasteiger partial charge in [-0.1, -0.05) is 13.8 Å². The highest BCUT2D eigenvalue weighted by atomic mass is 16.5. The summed E-state index contributed by atoms with van der Waals surface area (Å²) in [5, 5.41) is 14.4. The molecular weight excluding hydrogens is 218 g/mol. The van der Waals surface area contributed by atoms with E-state index >= 15 is 0 Å². The van der Waals surface area contributed by atoms with E-state index in [-0.39, 0.29) is 0 Å². The van der Waals surface area contributed by atoms with E-state index in [4.69, 9.17) is 4.74 Å². The summed E-state index contributed by atoms with van der Waals surface area (Å²) in [4.78, 5) is 4.13. The molecule has 98 valence electrons. The molecule has 0 aliphatic heterocycles. The van der Waals surface area contributed by atoms with Crippen LogP contribution in [0, 0.1) is 0 Å². The average molecular weight is 241 g/mol. The van der Waals surface area contributed by atoms with Crippen molar-refractivity contribution in [2.24, 2.45) is 7.05 Å². The fraction of sp³-hybridized carbons (Fsp3) is 0.833. The van der Waals surface area contributed by atoms with Gasteiger partial charge in [0.25, 0.3) is 0 Å². The first-order chi connectivity index (χ1) is 8.09. The molecule has 0 radical (unpaired) electrons. The lowest BCUT2D eigenvalue weighted by atomic mass is 9.88. The Morgan fingerprint density at radius 1 is 1.41 bits per heavy atom. The van der Waals surface area contributed by atoms with Crippen molar-refractivity contribution in [3.05, 3.63) is 12.2 Å². The van der Waals surface area contributed by atoms with Gasteiger partial charge in [-0.05, 0) is 19.8 Å². The summed E-state index contributed by atoms with van der Waals surface area (Å²) in [7, 11) is 1.83. The highest BCUT2D eigenvalue weighted by Crippen LogP contribution is 2.26. The highest BCUT2D eigenvalue weighted by molar-refractivity contribution is 4.95. The lowest BCUT2D eigenvalue weighted by molar-refractivity contribution is -0.125. The Morgan fingerprint density at radius 3 is 2.47 bits per heavy atom. The van der Waals surface area contributed by atoms with E-state index in [9.17, 15) is 5.11 Å². The SMILES string of the molecule is CCOC(CC)(CC)C(O)Cc1ncnn1C. The molecule has 0 spiro atoms. The van der Waals surface area contributed by atoms with Crippen LogP contribution in [0.3, 0.4) is 0 Å². The van der Waals surface area contributed by atoms with Crippen LogP contribution < -0.4 is 0 Å². The minimum absolute atomic E-state index is 0.470. The molecule has 0 saturated carbocycles. The first-order valence-electron chi connectivity index (χ1n) is 6.24. The minimum Gasteiger partial charge on any atom is -0.390 e. The molecule has 0 aliphatic carbocycles. The van der Waals surface area contributed by atoms with Crippen molar-refractivity contribution in [2.75, 3.05) is 6.61 Å². The molecule has 17 heavy (non-hydrogen) atoms. The molecule has 5 nitrogen and oxygen atoms in total. The number of hydrogen-bond donors (Lipinski definition) is 1. The second kappa shape index (κ2) is 6.12. The molecule has 0 aliphatic rings. The third-order valence-corrected chi connectivity index (χ3v) is 3.42. The number of aliphatic hydroxyl groups excluding tert-OH is 1. The van der Waals surface area contributed by atoms with Crippen LogP contribution in [0.25, 0.3) is 0 Å². The predicted molar refractivity (Wildman–Crippen MR) is 65.7 cm³/mol. The van der Waals surface area contributed by atoms with E-state index < -0.39 is 11.7 Å². The number of aromatic nitrogens is 3. The molecule has 1 rings (SSSR count). The molecule has 1 unspecified atom stereocenters. The van der Waals surface area contributed by atoms with E-state index in [0.29, 0.717) is 13.0 Å². The Kier molecular flexibility index (Phi) is 5.08. The van der Waals surface area contributed by atoms with Crippen LogP contribution in [0.1, 0.15) is 39.4 Å². The monoisotopic (exact) mass is 241 g/mol. The maximum absolute atomic E-state index is 10.4. The van der Waals surface area contributed by atoms with Crippen LogP contribution in [0.5, 0.6) is 0 Å². The van der Waals surface area contributed by atoms with Crippen LogP contribution in [-0.2, 0) is 18.2 Å². The molecule has 0 aromatic carbocycles. The van der Waals surface area contributed by atoms with Gasteiger partial charge in [0.05, 0.1) is 11.7 Å². The number of hydrogen-bond acceptors (Lipinski definition) is 4. The third kappa shape index (κ3) is 3.04. The Balaban J connectivity index is 2.78. The molecule has 1 atom stereocenters. The van der Waals surface area contributed by atoms with Gasteiger partial charge in [-0.2, -0.15) is 5.10 Å². The van der Waals surface area contributed by atoms with Gasteiger partial charge in [0.15, 0.2) is 0 Å². The maximum atomic E-state index is 10.4. The normalized spacial score (nSPS) is 13.9. The molecule has 0 amide bonds. The van der Waals surface area contributed by atoms with Gasteiger partial charge in [-0.3, -0.25) is 4.68 Å². The molecular formula is C12H23N3O2. The first kappa shape index (κ1) is 14.1.